The average molecular weight is 313 g/mol. The minimum Gasteiger partial charge on any atom is -0.496 e. The number of methoxy groups -OCH3 is 1. The first kappa shape index (κ1) is 16.5. The van der Waals surface area contributed by atoms with Crippen LogP contribution in [0.2, 0.25) is 0 Å². The molecule has 0 radical (unpaired) electrons. The lowest BCUT2D eigenvalue weighted by atomic mass is 9.98. The third kappa shape index (κ3) is 6.43. The van der Waals surface area contributed by atoms with E-state index in [0.29, 0.717) is 18.7 Å². The lowest BCUT2D eigenvalue weighted by Crippen LogP contribution is -2.11. The maximum atomic E-state index is 12.1. The van der Waals surface area contributed by atoms with E-state index in [2.05, 4.69) is 0 Å². The number of hydrogen-bond donors (Lipinski definition) is 0. The minimum absolute atomic E-state index is 0.00789. The summed E-state index contributed by atoms with van der Waals surface area (Å²) in [6.07, 6.45) is 1.07. The molecule has 0 aliphatic carbocycles. The van der Waals surface area contributed by atoms with Gasteiger partial charge in [0, 0.05) is 11.6 Å². The summed E-state index contributed by atoms with van der Waals surface area (Å²) in [5.74, 6) is 1.15. The second kappa shape index (κ2) is 7.90. The number of hydrogen-bond acceptors (Lipinski definition) is 2. The monoisotopic (exact) mass is 312 g/mol. The van der Waals surface area contributed by atoms with Gasteiger partial charge in [0.15, 0.2) is 0 Å². The molecule has 1 atom stereocenters. The fraction of sp³-hybridized carbons (Fsp3) is 0.538. The third-order valence-corrected chi connectivity index (χ3v) is 3.91. The highest BCUT2D eigenvalue weighted by molar-refractivity contribution is 8.00. The molecule has 0 spiro atoms. The van der Waals surface area contributed by atoms with Crippen molar-refractivity contribution in [3.63, 3.8) is 0 Å². The number of benzene rings is 1. The summed E-state index contributed by atoms with van der Waals surface area (Å²) in [7, 11) is 1.58. The van der Waals surface area contributed by atoms with Crippen molar-refractivity contribution in [1.29, 1.82) is 0 Å². The van der Waals surface area contributed by atoms with Crippen molar-refractivity contribution < 1.29 is 17.9 Å². The SMILES string of the molecule is COc1ccccc1CC(CCl)CCSC(F)(F)F. The molecular weight excluding hydrogens is 297 g/mol. The molecule has 1 nitrogen and oxygen atoms in total. The molecule has 6 heteroatoms. The zero-order valence-electron chi connectivity index (χ0n) is 10.5. The first-order valence-electron chi connectivity index (χ1n) is 5.85. The molecule has 1 aromatic rings. The molecule has 108 valence electrons. The van der Waals surface area contributed by atoms with E-state index in [9.17, 15) is 13.2 Å². The van der Waals surface area contributed by atoms with E-state index in [4.69, 9.17) is 16.3 Å². The van der Waals surface area contributed by atoms with Crippen LogP contribution in [-0.4, -0.2) is 24.3 Å². The van der Waals surface area contributed by atoms with Gasteiger partial charge in [-0.25, -0.2) is 0 Å². The van der Waals surface area contributed by atoms with Gasteiger partial charge in [0.25, 0.3) is 0 Å². The van der Waals surface area contributed by atoms with E-state index in [1.54, 1.807) is 7.11 Å². The van der Waals surface area contributed by atoms with Crippen molar-refractivity contribution in [3.05, 3.63) is 29.8 Å². The van der Waals surface area contributed by atoms with E-state index in [1.165, 1.54) is 0 Å². The highest BCUT2D eigenvalue weighted by Gasteiger charge is 2.28. The summed E-state index contributed by atoms with van der Waals surface area (Å²) < 4.78 is 41.4. The van der Waals surface area contributed by atoms with Gasteiger partial charge in [-0.1, -0.05) is 30.0 Å². The van der Waals surface area contributed by atoms with Crippen LogP contribution in [0.15, 0.2) is 24.3 Å². The second-order valence-electron chi connectivity index (χ2n) is 4.12. The van der Waals surface area contributed by atoms with Crippen LogP contribution in [-0.2, 0) is 6.42 Å². The zero-order chi connectivity index (χ0) is 14.3. The summed E-state index contributed by atoms with van der Waals surface area (Å²) in [5, 5.41) is 0. The zero-order valence-corrected chi connectivity index (χ0v) is 12.1. The predicted octanol–water partition coefficient (Wildman–Crippen LogP) is 4.74. The number of thioether (sulfide) groups is 1. The minimum atomic E-state index is -4.17. The lowest BCUT2D eigenvalue weighted by Gasteiger charge is -2.16. The van der Waals surface area contributed by atoms with Crippen molar-refractivity contribution in [1.82, 2.24) is 0 Å². The Kier molecular flexibility index (Phi) is 6.86. The quantitative estimate of drug-likeness (QED) is 0.673. The molecule has 0 bridgehead atoms. The topological polar surface area (TPSA) is 9.23 Å². The Balaban J connectivity index is 2.52. The molecule has 1 rings (SSSR count). The van der Waals surface area contributed by atoms with Gasteiger partial charge in [0.2, 0.25) is 0 Å². The average Bonchev–Trinajstić information content (AvgIpc) is 2.36. The maximum absolute atomic E-state index is 12.1. The molecule has 19 heavy (non-hydrogen) atoms. The number of alkyl halides is 4. The van der Waals surface area contributed by atoms with Gasteiger partial charge in [-0.3, -0.25) is 0 Å². The van der Waals surface area contributed by atoms with Crippen LogP contribution >= 0.6 is 23.4 Å². The van der Waals surface area contributed by atoms with Gasteiger partial charge < -0.3 is 4.74 Å². The van der Waals surface area contributed by atoms with Crippen molar-refractivity contribution in [2.45, 2.75) is 18.3 Å². The molecule has 0 aliphatic heterocycles. The molecule has 0 N–H and O–H groups in total. The van der Waals surface area contributed by atoms with Crippen molar-refractivity contribution in [2.75, 3.05) is 18.7 Å². The Hall–Kier alpha value is -0.550. The summed E-state index contributed by atoms with van der Waals surface area (Å²) in [6, 6.07) is 7.49. The van der Waals surface area contributed by atoms with Crippen molar-refractivity contribution >= 4 is 23.4 Å². The molecular formula is C13H16ClF3OS. The van der Waals surface area contributed by atoms with Gasteiger partial charge in [-0.2, -0.15) is 13.2 Å². The fourth-order valence-corrected chi connectivity index (χ4v) is 2.70. The summed E-state index contributed by atoms with van der Waals surface area (Å²) in [6.45, 7) is 0. The van der Waals surface area contributed by atoms with Crippen LogP contribution in [0.4, 0.5) is 13.2 Å². The third-order valence-electron chi connectivity index (χ3n) is 2.71. The standard InChI is InChI=1S/C13H16ClF3OS/c1-18-12-5-3-2-4-11(12)8-10(9-14)6-7-19-13(15,16)17/h2-5,10H,6-9H2,1H3. The summed E-state index contributed by atoms with van der Waals surface area (Å²) in [4.78, 5) is 0. The number of para-hydroxylation sites is 1. The van der Waals surface area contributed by atoms with Gasteiger partial charge in [0.05, 0.1) is 7.11 Å². The van der Waals surface area contributed by atoms with Crippen LogP contribution in [0.1, 0.15) is 12.0 Å². The fourth-order valence-electron chi connectivity index (χ4n) is 1.76. The molecule has 0 saturated heterocycles. The number of halogens is 4. The Labute approximate surface area is 120 Å². The van der Waals surface area contributed by atoms with Gasteiger partial charge in [-0.15, -0.1) is 11.6 Å². The smallest absolute Gasteiger partial charge is 0.441 e. The predicted molar refractivity (Wildman–Crippen MR) is 74.0 cm³/mol. The molecule has 0 fully saturated rings. The number of ether oxygens (including phenoxy) is 1. The van der Waals surface area contributed by atoms with Crippen molar-refractivity contribution in [3.8, 4) is 5.75 Å². The second-order valence-corrected chi connectivity index (χ2v) is 5.59. The van der Waals surface area contributed by atoms with E-state index in [0.717, 1.165) is 11.3 Å². The van der Waals surface area contributed by atoms with E-state index >= 15 is 0 Å². The Morgan fingerprint density at radius 3 is 2.58 bits per heavy atom. The Morgan fingerprint density at radius 1 is 1.32 bits per heavy atom. The van der Waals surface area contributed by atoms with Gasteiger partial charge >= 0.3 is 5.51 Å². The van der Waals surface area contributed by atoms with Crippen LogP contribution in [0, 0.1) is 5.92 Å². The highest BCUT2D eigenvalue weighted by atomic mass is 35.5. The van der Waals surface area contributed by atoms with Crippen LogP contribution in [0.25, 0.3) is 0 Å². The molecule has 0 aromatic heterocycles. The maximum Gasteiger partial charge on any atom is 0.441 e. The van der Waals surface area contributed by atoms with Gasteiger partial charge in [0.1, 0.15) is 5.75 Å². The number of rotatable bonds is 7. The molecule has 0 saturated carbocycles. The van der Waals surface area contributed by atoms with Crippen LogP contribution < -0.4 is 4.74 Å². The van der Waals surface area contributed by atoms with Crippen molar-refractivity contribution in [2.24, 2.45) is 5.92 Å². The first-order chi connectivity index (χ1) is 8.96. The van der Waals surface area contributed by atoms with Crippen LogP contribution in [0.3, 0.4) is 0 Å². The van der Waals surface area contributed by atoms with Gasteiger partial charge in [-0.05, 0) is 30.4 Å². The van der Waals surface area contributed by atoms with E-state index in [1.807, 2.05) is 24.3 Å². The van der Waals surface area contributed by atoms with Crippen LogP contribution in [0.5, 0.6) is 5.75 Å². The van der Waals surface area contributed by atoms with E-state index in [-0.39, 0.29) is 23.4 Å². The molecule has 0 aliphatic rings. The Morgan fingerprint density at radius 2 is 2.00 bits per heavy atom. The Bertz CT molecular complexity index is 384. The summed E-state index contributed by atoms with van der Waals surface area (Å²) in [5.41, 5.74) is -3.19. The normalized spacial score (nSPS) is 13.3. The highest BCUT2D eigenvalue weighted by Crippen LogP contribution is 2.32. The largest absolute Gasteiger partial charge is 0.496 e. The lowest BCUT2D eigenvalue weighted by molar-refractivity contribution is -0.0328. The molecule has 1 unspecified atom stereocenters. The molecule has 0 heterocycles. The first-order valence-corrected chi connectivity index (χ1v) is 7.37. The molecule has 0 amide bonds. The molecule has 1 aromatic carbocycles. The summed E-state index contributed by atoms with van der Waals surface area (Å²) >= 11 is 5.84. The van der Waals surface area contributed by atoms with E-state index < -0.39 is 5.51 Å².